The number of hydrogen-bond donors (Lipinski definition) is 3. The van der Waals surface area contributed by atoms with Crippen molar-refractivity contribution in [2.24, 2.45) is 0 Å². The van der Waals surface area contributed by atoms with Gasteiger partial charge in [0.25, 0.3) is 10.1 Å². The molecule has 0 spiro atoms. The fourth-order valence-electron chi connectivity index (χ4n) is 2.22. The molecule has 1 aromatic carbocycles. The molecule has 0 saturated carbocycles. The summed E-state index contributed by atoms with van der Waals surface area (Å²) >= 11 is 0. The van der Waals surface area contributed by atoms with Gasteiger partial charge in [0.15, 0.2) is 12.4 Å². The van der Waals surface area contributed by atoms with Crippen LogP contribution in [-0.2, 0) is 23.8 Å². The van der Waals surface area contributed by atoms with E-state index in [4.69, 9.17) is 18.8 Å². The Morgan fingerprint density at radius 1 is 1.17 bits per heavy atom. The fourth-order valence-corrected chi connectivity index (χ4v) is 3.35. The number of ether oxygens (including phenoxy) is 2. The van der Waals surface area contributed by atoms with Gasteiger partial charge in [-0.2, -0.15) is 8.42 Å². The summed E-state index contributed by atoms with van der Waals surface area (Å²) in [5.74, 6) is -2.28. The number of aliphatic hydroxyl groups excluding tert-OH is 3. The molecule has 3 N–H and O–H groups in total. The first-order valence-corrected chi connectivity index (χ1v) is 8.15. The molecule has 8 nitrogen and oxygen atoms in total. The molecule has 0 amide bonds. The minimum Gasteiger partial charge on any atom is -0.394 e. The first-order valence-electron chi connectivity index (χ1n) is 6.74. The quantitative estimate of drug-likeness (QED) is 0.572. The van der Waals surface area contributed by atoms with E-state index in [2.05, 4.69) is 0 Å². The molecule has 1 aliphatic heterocycles. The lowest BCUT2D eigenvalue weighted by atomic mass is 9.99. The van der Waals surface area contributed by atoms with Gasteiger partial charge < -0.3 is 24.8 Å². The molecule has 1 heterocycles. The molecule has 1 aromatic rings. The molecule has 1 saturated heterocycles. The van der Waals surface area contributed by atoms with Crippen molar-refractivity contribution in [3.63, 3.8) is 0 Å². The van der Waals surface area contributed by atoms with E-state index in [1.54, 1.807) is 0 Å². The first-order chi connectivity index (χ1) is 11.2. The Balaban J connectivity index is 2.29. The highest BCUT2D eigenvalue weighted by Crippen LogP contribution is 2.27. The molecule has 0 aromatic heterocycles. The lowest BCUT2D eigenvalue weighted by Crippen LogP contribution is -2.60. The Hall–Kier alpha value is -1.21. The Morgan fingerprint density at radius 3 is 2.25 bits per heavy atom. The predicted octanol–water partition coefficient (Wildman–Crippen LogP) is -0.876. The van der Waals surface area contributed by atoms with E-state index >= 15 is 0 Å². The second kappa shape index (κ2) is 7.35. The summed E-state index contributed by atoms with van der Waals surface area (Å²) in [4.78, 5) is -0.819. The van der Waals surface area contributed by atoms with Crippen molar-refractivity contribution in [3.8, 4) is 0 Å². The van der Waals surface area contributed by atoms with Gasteiger partial charge in [0.05, 0.1) is 11.5 Å². The molecular weight excluding hydrogens is 354 g/mol. The maximum atomic E-state index is 13.2. The van der Waals surface area contributed by atoms with Crippen molar-refractivity contribution in [1.29, 1.82) is 0 Å². The second-order valence-corrected chi connectivity index (χ2v) is 6.63. The van der Waals surface area contributed by atoms with Crippen molar-refractivity contribution in [2.75, 3.05) is 13.7 Å². The number of halogens is 2. The van der Waals surface area contributed by atoms with Crippen LogP contribution in [0, 0.1) is 11.6 Å². The molecule has 11 heteroatoms. The van der Waals surface area contributed by atoms with E-state index in [0.29, 0.717) is 18.2 Å². The van der Waals surface area contributed by atoms with Gasteiger partial charge >= 0.3 is 0 Å². The van der Waals surface area contributed by atoms with Crippen LogP contribution < -0.4 is 0 Å². The zero-order chi connectivity index (χ0) is 18.1. The summed E-state index contributed by atoms with van der Waals surface area (Å²) in [7, 11) is -3.58. The number of rotatable bonds is 5. The summed E-state index contributed by atoms with van der Waals surface area (Å²) in [6, 6.07) is 1.54. The van der Waals surface area contributed by atoms with Gasteiger partial charge in [-0.3, -0.25) is 4.18 Å². The van der Waals surface area contributed by atoms with Crippen LogP contribution in [0.15, 0.2) is 23.1 Å². The highest BCUT2D eigenvalue weighted by molar-refractivity contribution is 7.86. The second-order valence-electron chi connectivity index (χ2n) is 5.06. The van der Waals surface area contributed by atoms with Crippen molar-refractivity contribution in [2.45, 2.75) is 35.6 Å². The van der Waals surface area contributed by atoms with Crippen LogP contribution in [0.3, 0.4) is 0 Å². The van der Waals surface area contributed by atoms with Crippen molar-refractivity contribution < 1.29 is 46.2 Å². The lowest BCUT2D eigenvalue weighted by molar-refractivity contribution is -0.288. The molecule has 0 aliphatic carbocycles. The van der Waals surface area contributed by atoms with Gasteiger partial charge in [0.1, 0.15) is 29.9 Å². The van der Waals surface area contributed by atoms with Gasteiger partial charge in [-0.1, -0.05) is 0 Å². The molecule has 2 rings (SSSR count). The van der Waals surface area contributed by atoms with Gasteiger partial charge in [-0.05, 0) is 12.1 Å². The molecule has 24 heavy (non-hydrogen) atoms. The third kappa shape index (κ3) is 3.88. The standard InChI is InChI=1S/C13H16F2O8S/c1-21-13-12(11(18)10(17)9(5-16)22-13)23-24(19,20)8-3-6(14)2-7(15)4-8/h2-4,9-13,16-18H,5H2,1H3/t9-,10-,11+,12-,13+/m1/s1. The Bertz CT molecular complexity index is 660. The zero-order valence-electron chi connectivity index (χ0n) is 12.4. The molecular formula is C13H16F2O8S. The normalized spacial score (nSPS) is 31.2. The molecule has 0 bridgehead atoms. The zero-order valence-corrected chi connectivity index (χ0v) is 13.2. The Labute approximate surface area is 136 Å². The average molecular weight is 370 g/mol. The largest absolute Gasteiger partial charge is 0.394 e. The van der Waals surface area contributed by atoms with Crippen LogP contribution in [0.2, 0.25) is 0 Å². The van der Waals surface area contributed by atoms with Gasteiger partial charge in [-0.25, -0.2) is 8.78 Å². The summed E-state index contributed by atoms with van der Waals surface area (Å²) in [6.45, 7) is -0.660. The van der Waals surface area contributed by atoms with Crippen molar-refractivity contribution in [3.05, 3.63) is 29.8 Å². The smallest absolute Gasteiger partial charge is 0.297 e. The third-order valence-corrected chi connectivity index (χ3v) is 4.71. The Morgan fingerprint density at radius 2 is 1.75 bits per heavy atom. The number of aliphatic hydroxyl groups is 3. The van der Waals surface area contributed by atoms with Crippen LogP contribution in [-0.4, -0.2) is 68.2 Å². The van der Waals surface area contributed by atoms with Gasteiger partial charge in [0, 0.05) is 13.2 Å². The fraction of sp³-hybridized carbons (Fsp3) is 0.538. The topological polar surface area (TPSA) is 123 Å². The molecule has 0 unspecified atom stereocenters. The van der Waals surface area contributed by atoms with Crippen LogP contribution in [0.1, 0.15) is 0 Å². The monoisotopic (exact) mass is 370 g/mol. The van der Waals surface area contributed by atoms with E-state index in [9.17, 15) is 27.4 Å². The van der Waals surface area contributed by atoms with Crippen LogP contribution in [0.4, 0.5) is 8.78 Å². The van der Waals surface area contributed by atoms with E-state index in [1.165, 1.54) is 0 Å². The average Bonchev–Trinajstić information content (AvgIpc) is 2.51. The highest BCUT2D eigenvalue weighted by Gasteiger charge is 2.47. The number of hydrogen-bond acceptors (Lipinski definition) is 8. The SMILES string of the molecule is CO[C@H]1O[C@H](CO)[C@@H](O)[C@H](O)[C@H]1OS(=O)(=O)c1cc(F)cc(F)c1. The maximum absolute atomic E-state index is 13.2. The van der Waals surface area contributed by atoms with Crippen molar-refractivity contribution >= 4 is 10.1 Å². The molecule has 1 aliphatic rings. The summed E-state index contributed by atoms with van der Waals surface area (Å²) in [5, 5.41) is 28.8. The minimum absolute atomic E-state index is 0.477. The highest BCUT2D eigenvalue weighted by atomic mass is 32.2. The van der Waals surface area contributed by atoms with E-state index in [0.717, 1.165) is 7.11 Å². The molecule has 0 radical (unpaired) electrons. The predicted molar refractivity (Wildman–Crippen MR) is 73.2 cm³/mol. The van der Waals surface area contributed by atoms with Gasteiger partial charge in [-0.15, -0.1) is 0 Å². The van der Waals surface area contributed by atoms with Crippen molar-refractivity contribution in [1.82, 2.24) is 0 Å². The maximum Gasteiger partial charge on any atom is 0.297 e. The number of methoxy groups -OCH3 is 1. The summed E-state index contributed by atoms with van der Waals surface area (Å²) in [6.07, 6.45) is -7.85. The van der Waals surface area contributed by atoms with Crippen LogP contribution in [0.25, 0.3) is 0 Å². The molecule has 1 fully saturated rings. The Kier molecular flexibility index (Phi) is 5.86. The van der Waals surface area contributed by atoms with Crippen LogP contribution >= 0.6 is 0 Å². The summed E-state index contributed by atoms with van der Waals surface area (Å²) < 4.78 is 65.4. The first kappa shape index (κ1) is 19.1. The molecule has 5 atom stereocenters. The minimum atomic E-state index is -4.70. The summed E-state index contributed by atoms with van der Waals surface area (Å²) in [5.41, 5.74) is 0. The van der Waals surface area contributed by atoms with E-state index < -0.39 is 64.0 Å². The van der Waals surface area contributed by atoms with E-state index in [-0.39, 0.29) is 0 Å². The number of benzene rings is 1. The third-order valence-electron chi connectivity index (χ3n) is 3.42. The van der Waals surface area contributed by atoms with E-state index in [1.807, 2.05) is 0 Å². The lowest BCUT2D eigenvalue weighted by Gasteiger charge is -2.40. The molecule has 136 valence electrons. The van der Waals surface area contributed by atoms with Gasteiger partial charge in [0.2, 0.25) is 0 Å². The van der Waals surface area contributed by atoms with Crippen LogP contribution in [0.5, 0.6) is 0 Å².